The first-order valence-electron chi connectivity index (χ1n) is 6.84. The zero-order valence-corrected chi connectivity index (χ0v) is 11.6. The molecule has 1 heterocycles. The van der Waals surface area contributed by atoms with Gasteiger partial charge in [0.2, 0.25) is 0 Å². The van der Waals surface area contributed by atoms with Crippen molar-refractivity contribution in [3.8, 4) is 0 Å². The van der Waals surface area contributed by atoms with Crippen LogP contribution in [0, 0.1) is 0 Å². The summed E-state index contributed by atoms with van der Waals surface area (Å²) in [6.45, 7) is 6.98. The van der Waals surface area contributed by atoms with Gasteiger partial charge in [-0.05, 0) is 50.8 Å². The molecule has 3 nitrogen and oxygen atoms in total. The molecule has 0 saturated carbocycles. The summed E-state index contributed by atoms with van der Waals surface area (Å²) >= 11 is 0. The number of aryl methyl sites for hydroxylation is 1. The number of benzene rings is 1. The van der Waals surface area contributed by atoms with Crippen molar-refractivity contribution in [3.05, 3.63) is 29.3 Å². The molecule has 1 aliphatic heterocycles. The lowest BCUT2D eigenvalue weighted by Gasteiger charge is -2.38. The standard InChI is InChI=1S/C15H24N2O/c1-10(16)13-6-7-15-14(9-13)5-4-8-17(15)11(2)12(3)18/h6-7,9-12,18H,4-5,8,16H2,1-3H3. The van der Waals surface area contributed by atoms with Crippen molar-refractivity contribution >= 4 is 5.69 Å². The molecule has 3 heteroatoms. The van der Waals surface area contributed by atoms with Crippen LogP contribution < -0.4 is 10.6 Å². The number of aliphatic hydroxyl groups excluding tert-OH is 1. The molecule has 1 aromatic carbocycles. The van der Waals surface area contributed by atoms with E-state index in [1.165, 1.54) is 16.8 Å². The second kappa shape index (κ2) is 5.29. The summed E-state index contributed by atoms with van der Waals surface area (Å²) in [5.41, 5.74) is 9.76. The van der Waals surface area contributed by atoms with E-state index in [0.29, 0.717) is 0 Å². The molecule has 18 heavy (non-hydrogen) atoms. The van der Waals surface area contributed by atoms with Crippen molar-refractivity contribution in [2.45, 2.75) is 51.8 Å². The van der Waals surface area contributed by atoms with Crippen LogP contribution in [-0.2, 0) is 6.42 Å². The summed E-state index contributed by atoms with van der Waals surface area (Å²) in [5.74, 6) is 0. The van der Waals surface area contributed by atoms with Gasteiger partial charge in [0.15, 0.2) is 0 Å². The number of rotatable bonds is 3. The molecule has 3 unspecified atom stereocenters. The molecule has 0 bridgehead atoms. The lowest BCUT2D eigenvalue weighted by molar-refractivity contribution is 0.164. The molecule has 0 spiro atoms. The Hall–Kier alpha value is -1.06. The molecule has 0 aliphatic carbocycles. The zero-order chi connectivity index (χ0) is 13.3. The van der Waals surface area contributed by atoms with Gasteiger partial charge >= 0.3 is 0 Å². The van der Waals surface area contributed by atoms with Crippen LogP contribution in [0.15, 0.2) is 18.2 Å². The van der Waals surface area contributed by atoms with Crippen LogP contribution in [0.25, 0.3) is 0 Å². The van der Waals surface area contributed by atoms with Crippen LogP contribution in [0.3, 0.4) is 0 Å². The topological polar surface area (TPSA) is 49.5 Å². The molecular weight excluding hydrogens is 224 g/mol. The predicted octanol–water partition coefficient (Wildman–Crippen LogP) is 2.23. The molecule has 100 valence electrons. The maximum absolute atomic E-state index is 9.78. The molecule has 2 rings (SSSR count). The van der Waals surface area contributed by atoms with E-state index in [2.05, 4.69) is 30.0 Å². The summed E-state index contributed by atoms with van der Waals surface area (Å²) in [4.78, 5) is 2.31. The smallest absolute Gasteiger partial charge is 0.0712 e. The lowest BCUT2D eigenvalue weighted by Crippen LogP contribution is -2.43. The van der Waals surface area contributed by atoms with Gasteiger partial charge in [0.1, 0.15) is 0 Å². The highest BCUT2D eigenvalue weighted by molar-refractivity contribution is 5.58. The minimum Gasteiger partial charge on any atom is -0.391 e. The van der Waals surface area contributed by atoms with Gasteiger partial charge in [-0.25, -0.2) is 0 Å². The van der Waals surface area contributed by atoms with Crippen molar-refractivity contribution in [2.75, 3.05) is 11.4 Å². The van der Waals surface area contributed by atoms with Crippen molar-refractivity contribution in [3.63, 3.8) is 0 Å². The maximum atomic E-state index is 9.78. The second-order valence-electron chi connectivity index (χ2n) is 5.45. The number of aliphatic hydroxyl groups is 1. The van der Waals surface area contributed by atoms with Gasteiger partial charge in [-0.2, -0.15) is 0 Å². The van der Waals surface area contributed by atoms with E-state index in [1.54, 1.807) is 0 Å². The molecular formula is C15H24N2O. The van der Waals surface area contributed by atoms with E-state index in [4.69, 9.17) is 5.73 Å². The van der Waals surface area contributed by atoms with Gasteiger partial charge < -0.3 is 15.7 Å². The van der Waals surface area contributed by atoms with Gasteiger partial charge in [0.05, 0.1) is 12.1 Å². The van der Waals surface area contributed by atoms with E-state index in [1.807, 2.05) is 13.8 Å². The number of hydrogen-bond acceptors (Lipinski definition) is 3. The first-order chi connectivity index (χ1) is 8.50. The third-order valence-electron chi connectivity index (χ3n) is 3.97. The number of anilines is 1. The Balaban J connectivity index is 2.33. The largest absolute Gasteiger partial charge is 0.391 e. The average molecular weight is 248 g/mol. The Bertz CT molecular complexity index is 415. The third-order valence-corrected chi connectivity index (χ3v) is 3.97. The van der Waals surface area contributed by atoms with Gasteiger partial charge in [0.25, 0.3) is 0 Å². The number of hydrogen-bond donors (Lipinski definition) is 2. The lowest BCUT2D eigenvalue weighted by atomic mass is 9.95. The molecule has 1 aliphatic rings. The van der Waals surface area contributed by atoms with Gasteiger partial charge in [-0.15, -0.1) is 0 Å². The van der Waals surface area contributed by atoms with E-state index < -0.39 is 0 Å². The van der Waals surface area contributed by atoms with Crippen LogP contribution in [0.4, 0.5) is 5.69 Å². The second-order valence-corrected chi connectivity index (χ2v) is 5.45. The van der Waals surface area contributed by atoms with E-state index in [0.717, 1.165) is 19.4 Å². The summed E-state index contributed by atoms with van der Waals surface area (Å²) in [6, 6.07) is 6.73. The highest BCUT2D eigenvalue weighted by atomic mass is 16.3. The fourth-order valence-corrected chi connectivity index (χ4v) is 2.61. The van der Waals surface area contributed by atoms with Crippen LogP contribution in [0.2, 0.25) is 0 Å². The van der Waals surface area contributed by atoms with Gasteiger partial charge in [-0.3, -0.25) is 0 Å². The highest BCUT2D eigenvalue weighted by Gasteiger charge is 2.24. The van der Waals surface area contributed by atoms with E-state index in [9.17, 15) is 5.11 Å². The quantitative estimate of drug-likeness (QED) is 0.862. The fourth-order valence-electron chi connectivity index (χ4n) is 2.61. The van der Waals surface area contributed by atoms with E-state index >= 15 is 0 Å². The van der Waals surface area contributed by atoms with Crippen molar-refractivity contribution in [1.82, 2.24) is 0 Å². The van der Waals surface area contributed by atoms with Crippen LogP contribution in [-0.4, -0.2) is 23.8 Å². The minimum atomic E-state index is -0.316. The Morgan fingerprint density at radius 2 is 2.00 bits per heavy atom. The molecule has 0 saturated heterocycles. The van der Waals surface area contributed by atoms with Crippen LogP contribution in [0.5, 0.6) is 0 Å². The summed E-state index contributed by atoms with van der Waals surface area (Å²) in [6.07, 6.45) is 1.94. The maximum Gasteiger partial charge on any atom is 0.0712 e. The Labute approximate surface area is 110 Å². The molecule has 1 aromatic rings. The Kier molecular flexibility index (Phi) is 3.93. The Morgan fingerprint density at radius 1 is 1.28 bits per heavy atom. The summed E-state index contributed by atoms with van der Waals surface area (Å²) < 4.78 is 0. The predicted molar refractivity (Wildman–Crippen MR) is 75.9 cm³/mol. The highest BCUT2D eigenvalue weighted by Crippen LogP contribution is 2.31. The summed E-state index contributed by atoms with van der Waals surface area (Å²) in [7, 11) is 0. The van der Waals surface area contributed by atoms with Crippen molar-refractivity contribution in [1.29, 1.82) is 0 Å². The molecule has 0 radical (unpaired) electrons. The van der Waals surface area contributed by atoms with Gasteiger partial charge in [-0.1, -0.05) is 12.1 Å². The van der Waals surface area contributed by atoms with Crippen LogP contribution in [0.1, 0.15) is 44.4 Å². The molecule has 0 aromatic heterocycles. The summed E-state index contributed by atoms with van der Waals surface area (Å²) in [5, 5.41) is 9.78. The zero-order valence-electron chi connectivity index (χ0n) is 11.6. The average Bonchev–Trinajstić information content (AvgIpc) is 2.36. The first kappa shape index (κ1) is 13.4. The minimum absolute atomic E-state index is 0.0832. The third kappa shape index (κ3) is 2.52. The number of nitrogens with zero attached hydrogens (tertiary/aromatic N) is 1. The molecule has 3 N–H and O–H groups in total. The Morgan fingerprint density at radius 3 is 2.61 bits per heavy atom. The normalized spacial score (nSPS) is 20.2. The van der Waals surface area contributed by atoms with E-state index in [-0.39, 0.29) is 18.2 Å². The van der Waals surface area contributed by atoms with Gasteiger partial charge in [0, 0.05) is 18.3 Å². The molecule has 0 fully saturated rings. The van der Waals surface area contributed by atoms with Crippen molar-refractivity contribution in [2.24, 2.45) is 5.73 Å². The molecule has 3 atom stereocenters. The first-order valence-corrected chi connectivity index (χ1v) is 6.84. The number of fused-ring (bicyclic) bond motifs is 1. The molecule has 0 amide bonds. The van der Waals surface area contributed by atoms with Crippen LogP contribution >= 0.6 is 0 Å². The monoisotopic (exact) mass is 248 g/mol. The fraction of sp³-hybridized carbons (Fsp3) is 0.600. The number of nitrogens with two attached hydrogens (primary N) is 1. The SMILES string of the molecule is CC(N)c1ccc2c(c1)CCCN2C(C)C(C)O. The van der Waals surface area contributed by atoms with Crippen molar-refractivity contribution < 1.29 is 5.11 Å².